The van der Waals surface area contributed by atoms with Crippen LogP contribution in [-0.2, 0) is 31.3 Å². The number of rotatable bonds is 6. The third-order valence-corrected chi connectivity index (χ3v) is 4.80. The van der Waals surface area contributed by atoms with Gasteiger partial charge in [0.25, 0.3) is 6.08 Å². The summed E-state index contributed by atoms with van der Waals surface area (Å²) < 4.78 is 49.8. The van der Waals surface area contributed by atoms with E-state index in [2.05, 4.69) is 4.40 Å². The average Bonchev–Trinajstić information content (AvgIpc) is 2.37. The van der Waals surface area contributed by atoms with Crippen LogP contribution in [0.3, 0.4) is 0 Å². The van der Waals surface area contributed by atoms with Gasteiger partial charge in [-0.05, 0) is 24.1 Å². The van der Waals surface area contributed by atoms with Crippen LogP contribution in [-0.4, -0.2) is 28.8 Å². The summed E-state index contributed by atoms with van der Waals surface area (Å²) in [6, 6.07) is 6.08. The number of isocyanates is 1. The summed E-state index contributed by atoms with van der Waals surface area (Å²) in [4.78, 5) is 9.81. The number of nitrogens with one attached hydrogen (secondary N) is 1. The van der Waals surface area contributed by atoms with Crippen molar-refractivity contribution in [2.45, 2.75) is 18.2 Å². The monoisotopic (exact) mass is 304 g/mol. The molecule has 104 valence electrons. The molecule has 7 nitrogen and oxygen atoms in total. The van der Waals surface area contributed by atoms with Crippen molar-refractivity contribution in [3.8, 4) is 0 Å². The number of carbonyl (C=O) groups excluding carboxylic acids is 1. The molecule has 0 radical (unpaired) electrons. The van der Waals surface area contributed by atoms with Crippen LogP contribution >= 0.6 is 0 Å². The minimum atomic E-state index is -4.31. The predicted molar refractivity (Wildman–Crippen MR) is 68.0 cm³/mol. The van der Waals surface area contributed by atoms with Crippen LogP contribution in [0.25, 0.3) is 0 Å². The highest BCUT2D eigenvalue weighted by Crippen LogP contribution is 2.12. The van der Waals surface area contributed by atoms with Crippen LogP contribution in [0.4, 0.5) is 0 Å². The third kappa shape index (κ3) is 4.56. The molecular weight excluding hydrogens is 292 g/mol. The molecule has 0 spiro atoms. The van der Waals surface area contributed by atoms with Gasteiger partial charge < -0.3 is 0 Å². The molecule has 1 aromatic rings. The normalized spacial score (nSPS) is 11.8. The number of aryl methyl sites for hydroxylation is 1. The molecule has 0 unspecified atom stereocenters. The lowest BCUT2D eigenvalue weighted by Crippen LogP contribution is -2.28. The van der Waals surface area contributed by atoms with Crippen molar-refractivity contribution in [1.29, 1.82) is 0 Å². The minimum Gasteiger partial charge on any atom is -0.222 e. The molecule has 0 saturated carbocycles. The molecule has 0 atom stereocenters. The number of hydrogen-bond acceptors (Lipinski definition) is 5. The second-order valence-electron chi connectivity index (χ2n) is 3.56. The molecule has 1 rings (SSSR count). The van der Waals surface area contributed by atoms with E-state index in [9.17, 15) is 21.6 Å². The molecule has 0 aromatic heterocycles. The van der Waals surface area contributed by atoms with Crippen LogP contribution in [0.15, 0.2) is 33.6 Å². The highest BCUT2D eigenvalue weighted by Gasteiger charge is 2.18. The van der Waals surface area contributed by atoms with Crippen molar-refractivity contribution in [2.24, 2.45) is 4.40 Å². The summed E-state index contributed by atoms with van der Waals surface area (Å²) in [7, 11) is -8.13. The molecule has 0 heterocycles. The van der Waals surface area contributed by atoms with Crippen LogP contribution in [0, 0.1) is 0 Å². The molecule has 0 fully saturated rings. The van der Waals surface area contributed by atoms with Gasteiger partial charge in [-0.2, -0.15) is 13.1 Å². The molecule has 0 aliphatic rings. The van der Waals surface area contributed by atoms with E-state index in [1.165, 1.54) is 12.1 Å². The molecule has 0 saturated heterocycles. The van der Waals surface area contributed by atoms with Crippen molar-refractivity contribution in [1.82, 2.24) is 4.72 Å². The summed E-state index contributed by atoms with van der Waals surface area (Å²) in [6.45, 7) is 1.93. The first-order chi connectivity index (χ1) is 8.80. The molecule has 0 aliphatic heterocycles. The number of nitrogens with zero attached hydrogens (tertiary/aromatic N) is 1. The molecule has 0 aliphatic carbocycles. The number of benzene rings is 1. The van der Waals surface area contributed by atoms with Crippen LogP contribution in [0.1, 0.15) is 12.5 Å². The molecule has 9 heteroatoms. The third-order valence-electron chi connectivity index (χ3n) is 2.28. The first-order valence-electron chi connectivity index (χ1n) is 5.21. The number of hydrogen-bond donors (Lipinski definition) is 1. The Morgan fingerprint density at radius 1 is 1.16 bits per heavy atom. The fourth-order valence-corrected chi connectivity index (χ4v) is 3.35. The fourth-order valence-electron chi connectivity index (χ4n) is 1.25. The SMILES string of the molecule is CCc1ccc(S(=O)(=O)CNS(=O)(=O)N=C=O)cc1. The van der Waals surface area contributed by atoms with Gasteiger partial charge in [0.05, 0.1) is 4.90 Å². The van der Waals surface area contributed by atoms with Crippen molar-refractivity contribution >= 4 is 26.1 Å². The van der Waals surface area contributed by atoms with Crippen molar-refractivity contribution < 1.29 is 21.6 Å². The minimum absolute atomic E-state index is 0.0116. The van der Waals surface area contributed by atoms with Gasteiger partial charge in [-0.25, -0.2) is 13.2 Å². The Morgan fingerprint density at radius 3 is 2.21 bits per heavy atom. The highest BCUT2D eigenvalue weighted by molar-refractivity contribution is 7.93. The van der Waals surface area contributed by atoms with Gasteiger partial charge in [0, 0.05) is 0 Å². The van der Waals surface area contributed by atoms with E-state index in [0.717, 1.165) is 18.1 Å². The maximum atomic E-state index is 11.8. The summed E-state index contributed by atoms with van der Waals surface area (Å²) >= 11 is 0. The maximum absolute atomic E-state index is 11.8. The lowest BCUT2D eigenvalue weighted by Gasteiger charge is -2.05. The van der Waals surface area contributed by atoms with Gasteiger partial charge in [0.2, 0.25) is 0 Å². The van der Waals surface area contributed by atoms with Crippen LogP contribution in [0.5, 0.6) is 0 Å². The molecule has 19 heavy (non-hydrogen) atoms. The zero-order chi connectivity index (χ0) is 14.5. The summed E-state index contributed by atoms with van der Waals surface area (Å²) in [5.74, 6) is -0.869. The zero-order valence-corrected chi connectivity index (χ0v) is 11.7. The fraction of sp³-hybridized carbons (Fsp3) is 0.300. The lowest BCUT2D eigenvalue weighted by molar-refractivity contribution is 0.561. The second-order valence-corrected chi connectivity index (χ2v) is 6.97. The van der Waals surface area contributed by atoms with E-state index in [4.69, 9.17) is 0 Å². The van der Waals surface area contributed by atoms with E-state index in [0.29, 0.717) is 0 Å². The van der Waals surface area contributed by atoms with Gasteiger partial charge >= 0.3 is 10.2 Å². The Bertz CT molecular complexity index is 686. The van der Waals surface area contributed by atoms with Gasteiger partial charge in [-0.1, -0.05) is 23.5 Å². The van der Waals surface area contributed by atoms with E-state index in [-0.39, 0.29) is 4.90 Å². The second kappa shape index (κ2) is 6.07. The molecule has 1 N–H and O–H groups in total. The standard InChI is InChI=1S/C10H12N2O5S2/c1-2-9-3-5-10(6-4-9)18(14,15)8-12-19(16,17)11-7-13/h3-6,12H,2,8H2,1H3. The van der Waals surface area contributed by atoms with Crippen molar-refractivity contribution in [3.63, 3.8) is 0 Å². The Kier molecular flexibility index (Phi) is 4.96. The molecular formula is C10H12N2O5S2. The molecule has 0 bridgehead atoms. The Balaban J connectivity index is 2.90. The maximum Gasteiger partial charge on any atom is 0.331 e. The summed E-state index contributed by atoms with van der Waals surface area (Å²) in [6.07, 6.45) is 1.59. The molecule has 1 aromatic carbocycles. The van der Waals surface area contributed by atoms with Crippen LogP contribution in [0.2, 0.25) is 0 Å². The topological polar surface area (TPSA) is 110 Å². The first-order valence-corrected chi connectivity index (χ1v) is 8.30. The van der Waals surface area contributed by atoms with Gasteiger partial charge in [-0.3, -0.25) is 0 Å². The summed E-state index contributed by atoms with van der Waals surface area (Å²) in [5, 5.41) is 0. The van der Waals surface area contributed by atoms with E-state index in [1.54, 1.807) is 16.9 Å². The van der Waals surface area contributed by atoms with Crippen molar-refractivity contribution in [3.05, 3.63) is 29.8 Å². The van der Waals surface area contributed by atoms with E-state index < -0.39 is 25.9 Å². The van der Waals surface area contributed by atoms with E-state index >= 15 is 0 Å². The smallest absolute Gasteiger partial charge is 0.222 e. The highest BCUT2D eigenvalue weighted by atomic mass is 32.2. The lowest BCUT2D eigenvalue weighted by atomic mass is 10.2. The Labute approximate surface area is 111 Å². The Hall–Kier alpha value is -1.54. The quantitative estimate of drug-likeness (QED) is 0.594. The Morgan fingerprint density at radius 2 is 1.74 bits per heavy atom. The largest absolute Gasteiger partial charge is 0.331 e. The van der Waals surface area contributed by atoms with Crippen LogP contribution < -0.4 is 4.72 Å². The number of sulfone groups is 1. The zero-order valence-electron chi connectivity index (χ0n) is 10.0. The predicted octanol–water partition coefficient (Wildman–Crippen LogP) is 0.150. The van der Waals surface area contributed by atoms with Gasteiger partial charge in [0.15, 0.2) is 9.84 Å². The average molecular weight is 304 g/mol. The van der Waals surface area contributed by atoms with Crippen molar-refractivity contribution in [2.75, 3.05) is 5.88 Å². The summed E-state index contributed by atoms with van der Waals surface area (Å²) in [5.41, 5.74) is 0.963. The molecule has 0 amide bonds. The van der Waals surface area contributed by atoms with Gasteiger partial charge in [-0.15, -0.1) is 0 Å². The first kappa shape index (κ1) is 15.5. The van der Waals surface area contributed by atoms with E-state index in [1.807, 2.05) is 6.92 Å². The van der Waals surface area contributed by atoms with Gasteiger partial charge in [0.1, 0.15) is 5.88 Å².